The third-order valence-electron chi connectivity index (χ3n) is 12.5. The number of unbranched alkanes of at least 4 members (excludes halogenated alkanes) is 1. The van der Waals surface area contributed by atoms with Gasteiger partial charge in [-0.05, 0) is 129 Å². The highest BCUT2D eigenvalue weighted by molar-refractivity contribution is 6.04. The average molecular weight is 694 g/mol. The van der Waals surface area contributed by atoms with Crippen molar-refractivity contribution in [1.82, 2.24) is 4.90 Å². The Morgan fingerprint density at radius 2 is 1.71 bits per heavy atom. The van der Waals surface area contributed by atoms with Gasteiger partial charge in [-0.3, -0.25) is 15.0 Å². The molecule has 2 heterocycles. The second kappa shape index (κ2) is 13.3. The summed E-state index contributed by atoms with van der Waals surface area (Å²) in [5.74, 6) is 1.20. The van der Waals surface area contributed by atoms with E-state index in [1.54, 1.807) is 24.3 Å². The third-order valence-corrected chi connectivity index (χ3v) is 12.5. The lowest BCUT2D eigenvalue weighted by Gasteiger charge is -2.61. The third kappa shape index (κ3) is 6.06. The van der Waals surface area contributed by atoms with Crippen molar-refractivity contribution in [2.75, 3.05) is 23.7 Å². The van der Waals surface area contributed by atoms with Gasteiger partial charge >= 0.3 is 12.1 Å². The van der Waals surface area contributed by atoms with Crippen LogP contribution in [0.4, 0.5) is 16.2 Å². The van der Waals surface area contributed by atoms with Crippen LogP contribution in [0.5, 0.6) is 11.5 Å². The van der Waals surface area contributed by atoms with Crippen LogP contribution in [0.25, 0.3) is 0 Å². The molecule has 3 fully saturated rings. The van der Waals surface area contributed by atoms with E-state index in [2.05, 4.69) is 35.4 Å². The van der Waals surface area contributed by atoms with Gasteiger partial charge in [0.25, 0.3) is 5.91 Å². The Hall–Kier alpha value is -4.41. The fourth-order valence-corrected chi connectivity index (χ4v) is 9.81. The first-order valence-electron chi connectivity index (χ1n) is 18.6. The van der Waals surface area contributed by atoms with Crippen molar-refractivity contribution in [3.8, 4) is 11.5 Å². The van der Waals surface area contributed by atoms with E-state index in [-0.39, 0.29) is 40.9 Å². The van der Waals surface area contributed by atoms with Crippen molar-refractivity contribution in [2.45, 2.75) is 88.9 Å². The number of carbonyl (C=O) groups is 3. The highest BCUT2D eigenvalue weighted by atomic mass is 16.6. The molecule has 2 amide bonds. The number of carboxylic acids is 1. The van der Waals surface area contributed by atoms with E-state index in [1.165, 1.54) is 54.8 Å². The van der Waals surface area contributed by atoms with Gasteiger partial charge in [0.2, 0.25) is 0 Å². The normalized spacial score (nSPS) is 27.9. The molecule has 0 aromatic heterocycles. The highest BCUT2D eigenvalue weighted by Gasteiger charge is 2.67. The minimum Gasteiger partial charge on any atom is -0.485 e. The molecule has 1 saturated heterocycles. The maximum atomic E-state index is 13.3. The molecule has 8 rings (SSSR count). The van der Waals surface area contributed by atoms with Gasteiger partial charge in [-0.15, -0.1) is 0 Å². The molecule has 7 atom stereocenters. The number of carboxylic acid groups (broad SMARTS) is 1. The minimum absolute atomic E-state index is 0.0845. The Kier molecular flexibility index (Phi) is 8.79. The van der Waals surface area contributed by atoms with Gasteiger partial charge in [0.15, 0.2) is 11.5 Å². The largest absolute Gasteiger partial charge is 0.485 e. The van der Waals surface area contributed by atoms with Gasteiger partial charge in [0.1, 0.15) is 6.10 Å². The first-order chi connectivity index (χ1) is 24.7. The molecule has 3 aliphatic carbocycles. The number of aromatic carboxylic acids is 1. The van der Waals surface area contributed by atoms with Crippen molar-refractivity contribution in [1.29, 1.82) is 0 Å². The number of benzene rings is 3. The number of aliphatic hydroxyl groups is 1. The van der Waals surface area contributed by atoms with Crippen molar-refractivity contribution < 1.29 is 34.1 Å². The lowest BCUT2D eigenvalue weighted by molar-refractivity contribution is -0.117. The predicted octanol–water partition coefficient (Wildman–Crippen LogP) is 7.11. The Balaban J connectivity index is 1.00. The fourth-order valence-electron chi connectivity index (χ4n) is 9.81. The predicted molar refractivity (Wildman–Crippen MR) is 193 cm³/mol. The molecule has 51 heavy (non-hydrogen) atoms. The van der Waals surface area contributed by atoms with Crippen LogP contribution in [0.1, 0.15) is 90.6 Å². The number of ether oxygens (including phenoxy) is 2. The second-order valence-corrected chi connectivity index (χ2v) is 15.5. The summed E-state index contributed by atoms with van der Waals surface area (Å²) in [5.41, 5.74) is 3.81. The van der Waals surface area contributed by atoms with Gasteiger partial charge in [-0.25, -0.2) is 9.59 Å². The molecule has 5 aliphatic rings. The number of anilines is 2. The smallest absolute Gasteiger partial charge is 0.417 e. The lowest BCUT2D eigenvalue weighted by atomic mass is 9.47. The van der Waals surface area contributed by atoms with Crippen LogP contribution in [-0.2, 0) is 11.8 Å². The summed E-state index contributed by atoms with van der Waals surface area (Å²) in [7, 11) is 0. The van der Waals surface area contributed by atoms with E-state index in [9.17, 15) is 19.5 Å². The van der Waals surface area contributed by atoms with Crippen molar-refractivity contribution in [3.63, 3.8) is 0 Å². The molecule has 10 nitrogen and oxygen atoms in total. The number of nitrogens with one attached hydrogen (secondary N) is 2. The molecule has 4 N–H and O–H groups in total. The van der Waals surface area contributed by atoms with Crippen molar-refractivity contribution in [3.05, 3.63) is 82.9 Å². The zero-order valence-electron chi connectivity index (χ0n) is 29.3. The topological polar surface area (TPSA) is 137 Å². The Labute approximate surface area is 298 Å². The number of hydrogen-bond acceptors (Lipinski definition) is 7. The van der Waals surface area contributed by atoms with E-state index < -0.39 is 12.1 Å². The monoisotopic (exact) mass is 693 g/mol. The van der Waals surface area contributed by atoms with E-state index >= 15 is 0 Å². The van der Waals surface area contributed by atoms with Gasteiger partial charge in [0.05, 0.1) is 11.7 Å². The number of aliphatic hydroxyl groups excluding tert-OH is 1. The average Bonchev–Trinajstić information content (AvgIpc) is 3.87. The zero-order valence-corrected chi connectivity index (χ0v) is 29.3. The van der Waals surface area contributed by atoms with E-state index in [4.69, 9.17) is 14.6 Å². The molecule has 1 spiro atoms. The van der Waals surface area contributed by atoms with E-state index in [0.717, 1.165) is 51.0 Å². The quantitative estimate of drug-likeness (QED) is 0.167. The number of nitrogens with zero attached hydrogens (tertiary/aromatic N) is 1. The van der Waals surface area contributed by atoms with Gasteiger partial charge in [0, 0.05) is 40.5 Å². The van der Waals surface area contributed by atoms with E-state index in [1.807, 2.05) is 6.07 Å². The molecule has 268 valence electrons. The number of likely N-dealkylation sites (tertiary alicyclic amines) is 1. The Morgan fingerprint density at radius 1 is 1.00 bits per heavy atom. The van der Waals surface area contributed by atoms with Crippen molar-refractivity contribution >= 4 is 29.3 Å². The van der Waals surface area contributed by atoms with Crippen LogP contribution in [0.15, 0.2) is 60.7 Å². The summed E-state index contributed by atoms with van der Waals surface area (Å²) >= 11 is 0. The molecular formula is C41H47N3O7. The number of carbonyl (C=O) groups excluding carboxylic acids is 2. The summed E-state index contributed by atoms with van der Waals surface area (Å²) in [6.07, 6.45) is 7.41. The summed E-state index contributed by atoms with van der Waals surface area (Å²) in [6, 6.07) is 16.8. The molecule has 1 unspecified atom stereocenters. The van der Waals surface area contributed by atoms with Gasteiger partial charge < -0.3 is 25.0 Å². The maximum Gasteiger partial charge on any atom is 0.417 e. The second-order valence-electron chi connectivity index (χ2n) is 15.5. The Morgan fingerprint density at radius 3 is 2.39 bits per heavy atom. The molecule has 2 saturated carbocycles. The SMILES string of the molecule is CCCC[C@@H](O)[C@H]1CC2[C@H]3Cc4ccc(OC(=O)Nc5ccc(C(=O)Nc6ccc(C(=O)O)cc6)cc5)c5c4[C@@]2(CCN3CC2CC2)[C@@H](O5)[C@@H]1C. The number of rotatable bonds is 11. The van der Waals surface area contributed by atoms with E-state index in [0.29, 0.717) is 40.4 Å². The summed E-state index contributed by atoms with van der Waals surface area (Å²) in [4.78, 5) is 39.9. The highest BCUT2D eigenvalue weighted by Crippen LogP contribution is 2.66. The van der Waals surface area contributed by atoms with Crippen LogP contribution >= 0.6 is 0 Å². The summed E-state index contributed by atoms with van der Waals surface area (Å²) in [6.45, 7) is 6.64. The van der Waals surface area contributed by atoms with Crippen LogP contribution in [0, 0.1) is 23.7 Å². The Bertz CT molecular complexity index is 1820. The number of piperidine rings is 1. The van der Waals surface area contributed by atoms with Crippen molar-refractivity contribution in [2.24, 2.45) is 23.7 Å². The number of hydrogen-bond donors (Lipinski definition) is 4. The first-order valence-corrected chi connectivity index (χ1v) is 18.6. The van der Waals surface area contributed by atoms with Gasteiger partial charge in [-0.2, -0.15) is 0 Å². The molecule has 10 heteroatoms. The maximum absolute atomic E-state index is 13.3. The molecule has 3 aromatic rings. The van der Waals surface area contributed by atoms with Crippen LogP contribution in [-0.4, -0.2) is 64.4 Å². The molecular weight excluding hydrogens is 646 g/mol. The first kappa shape index (κ1) is 33.7. The standard InChI is InChI=1S/C41H47N3O7/c1-3-4-5-33(45)30-21-31-32-20-27-12-17-34(36-35(27)41(31,37(51-36)23(30)2)18-19-44(32)22-24-6-7-24)50-40(49)43-29-13-8-25(9-14-29)38(46)42-28-15-10-26(11-16-28)39(47)48/h8-17,23-24,30-33,37,45H,3-7,18-22H2,1-2H3,(H,42,46)(H,43,49)(H,47,48)/t23-,30+,31?,32-,33-,37+,41+/m1/s1. The van der Waals surface area contributed by atoms with Crippen LogP contribution in [0.2, 0.25) is 0 Å². The minimum atomic E-state index is -1.04. The van der Waals surface area contributed by atoms with Gasteiger partial charge in [-0.1, -0.05) is 32.8 Å². The molecule has 0 radical (unpaired) electrons. The summed E-state index contributed by atoms with van der Waals surface area (Å²) in [5, 5.41) is 26.1. The number of amides is 2. The van der Waals surface area contributed by atoms with Crippen LogP contribution < -0.4 is 20.1 Å². The molecule has 3 aromatic carbocycles. The molecule has 2 bridgehead atoms. The zero-order chi connectivity index (χ0) is 35.4. The lowest BCUT2D eigenvalue weighted by Crippen LogP contribution is -2.67. The summed E-state index contributed by atoms with van der Waals surface area (Å²) < 4.78 is 13.0. The molecule has 2 aliphatic heterocycles. The van der Waals surface area contributed by atoms with Crippen LogP contribution in [0.3, 0.4) is 0 Å². The fraction of sp³-hybridized carbons (Fsp3) is 0.488.